The normalized spacial score (nSPS) is 22.3. The van der Waals surface area contributed by atoms with Crippen LogP contribution in [0.5, 0.6) is 0 Å². The third kappa shape index (κ3) is 3.61. The number of rotatable bonds is 5. The van der Waals surface area contributed by atoms with Crippen LogP contribution < -0.4 is 5.48 Å². The molecular weight excluding hydrogens is 261 g/mol. The molecule has 107 valence electrons. The topological polar surface area (TPSA) is 49.3 Å². The van der Waals surface area contributed by atoms with Crippen molar-refractivity contribution in [2.24, 2.45) is 5.92 Å². The van der Waals surface area contributed by atoms with Crippen LogP contribution >= 0.6 is 0 Å². The predicted octanol–water partition coefficient (Wildman–Crippen LogP) is 3.02. The molecule has 1 heterocycles. The molecular formula is C17H19BNO2. The zero-order valence-corrected chi connectivity index (χ0v) is 12.2. The Kier molecular flexibility index (Phi) is 6.43. The number of carbonyl (C=O) groups excluding carboxylic acids is 1. The Morgan fingerprint density at radius 3 is 2.52 bits per heavy atom. The summed E-state index contributed by atoms with van der Waals surface area (Å²) in [6, 6.07) is 0. The summed E-state index contributed by atoms with van der Waals surface area (Å²) in [6.45, 7) is 13.0. The lowest BCUT2D eigenvalue weighted by atomic mass is 9.51. The van der Waals surface area contributed by atoms with Gasteiger partial charge in [0.05, 0.1) is 5.92 Å². The van der Waals surface area contributed by atoms with Gasteiger partial charge in [-0.05, 0) is 18.1 Å². The van der Waals surface area contributed by atoms with Gasteiger partial charge < -0.3 is 0 Å². The first-order valence-corrected chi connectivity index (χ1v) is 6.58. The summed E-state index contributed by atoms with van der Waals surface area (Å²) in [4.78, 5) is 12.1. The highest BCUT2D eigenvalue weighted by Gasteiger charge is 2.32. The minimum absolute atomic E-state index is 0.491. The van der Waals surface area contributed by atoms with Crippen molar-refractivity contribution in [2.75, 3.05) is 0 Å². The van der Waals surface area contributed by atoms with Crippen LogP contribution in [0.15, 0.2) is 84.4 Å². The lowest BCUT2D eigenvalue weighted by Gasteiger charge is -2.29. The summed E-state index contributed by atoms with van der Waals surface area (Å²) >= 11 is 0. The fraction of sp³-hybridized carbons (Fsp3) is 0.118. The molecule has 0 saturated carbocycles. The number of allylic oxidation sites excluding steroid dienone is 9. The summed E-state index contributed by atoms with van der Waals surface area (Å²) in [5.41, 5.74) is 4.98. The molecule has 0 spiro atoms. The molecule has 0 aromatic heterocycles. The second kappa shape index (κ2) is 8.07. The van der Waals surface area contributed by atoms with Gasteiger partial charge in [-0.25, -0.2) is 5.48 Å². The molecule has 21 heavy (non-hydrogen) atoms. The third-order valence-electron chi connectivity index (χ3n) is 3.21. The van der Waals surface area contributed by atoms with Crippen LogP contribution in [0, 0.1) is 5.92 Å². The number of hydrogen-bond acceptors (Lipinski definition) is 2. The van der Waals surface area contributed by atoms with Gasteiger partial charge in [0.15, 0.2) is 7.28 Å². The zero-order valence-electron chi connectivity index (χ0n) is 12.2. The van der Waals surface area contributed by atoms with E-state index in [2.05, 4.69) is 19.7 Å². The largest absolute Gasteiger partial charge is 0.289 e. The van der Waals surface area contributed by atoms with Gasteiger partial charge in [0.1, 0.15) is 0 Å². The van der Waals surface area contributed by atoms with Crippen LogP contribution in [0.4, 0.5) is 0 Å². The Hall–Kier alpha value is -2.33. The second-order valence-electron chi connectivity index (χ2n) is 4.36. The molecule has 4 heteroatoms. The third-order valence-corrected chi connectivity index (χ3v) is 3.21. The Bertz CT molecular complexity index is 580. The SMILES string of the molecule is C=C/C=C\C1=C(C=C)[B]C(=C/C=C)/C(=C\C)C1C(=O)NO. The quantitative estimate of drug-likeness (QED) is 0.352. The van der Waals surface area contributed by atoms with Gasteiger partial charge >= 0.3 is 0 Å². The van der Waals surface area contributed by atoms with Gasteiger partial charge in [0.25, 0.3) is 5.91 Å². The van der Waals surface area contributed by atoms with Gasteiger partial charge in [0.2, 0.25) is 0 Å². The van der Waals surface area contributed by atoms with Crippen molar-refractivity contribution in [3.8, 4) is 0 Å². The summed E-state index contributed by atoms with van der Waals surface area (Å²) in [5, 5.41) is 9.05. The van der Waals surface area contributed by atoms with Crippen molar-refractivity contribution < 1.29 is 10.0 Å². The standard InChI is InChI=1S/C17H19BNO2/c1-5-9-11-13-14(8-4)18-15(10-6-2)12(7-3)16(13)17(20)19-21/h5-11,16,21H,1-2,4H2,3H3,(H,19,20)/b11-9-,12-7+,15-10+. The van der Waals surface area contributed by atoms with Crippen LogP contribution in [0.3, 0.4) is 0 Å². The second-order valence-corrected chi connectivity index (χ2v) is 4.36. The minimum Gasteiger partial charge on any atom is -0.289 e. The number of carbonyl (C=O) groups is 1. The molecule has 1 radical (unpaired) electrons. The first-order chi connectivity index (χ1) is 10.1. The number of hydroxylamine groups is 1. The van der Waals surface area contributed by atoms with Crippen LogP contribution in [0.2, 0.25) is 0 Å². The van der Waals surface area contributed by atoms with Crippen molar-refractivity contribution in [3.63, 3.8) is 0 Å². The Labute approximate surface area is 126 Å². The summed E-state index contributed by atoms with van der Waals surface area (Å²) < 4.78 is 0. The van der Waals surface area contributed by atoms with Gasteiger partial charge in [-0.1, -0.05) is 73.2 Å². The maximum Gasteiger partial charge on any atom is 0.255 e. The van der Waals surface area contributed by atoms with E-state index in [1.807, 2.05) is 26.4 Å². The van der Waals surface area contributed by atoms with Crippen molar-refractivity contribution in [3.05, 3.63) is 84.4 Å². The first-order valence-electron chi connectivity index (χ1n) is 6.58. The zero-order chi connectivity index (χ0) is 15.8. The predicted molar refractivity (Wildman–Crippen MR) is 87.8 cm³/mol. The minimum atomic E-state index is -0.611. The lowest BCUT2D eigenvalue weighted by molar-refractivity contribution is -0.131. The van der Waals surface area contributed by atoms with Crippen molar-refractivity contribution in [2.45, 2.75) is 6.92 Å². The maximum absolute atomic E-state index is 12.1. The molecule has 1 rings (SSSR count). The molecule has 1 aliphatic rings. The Morgan fingerprint density at radius 1 is 1.33 bits per heavy atom. The fourth-order valence-corrected chi connectivity index (χ4v) is 2.33. The van der Waals surface area contributed by atoms with Gasteiger partial charge in [-0.3, -0.25) is 10.0 Å². The van der Waals surface area contributed by atoms with E-state index in [1.54, 1.807) is 35.9 Å². The highest BCUT2D eigenvalue weighted by atomic mass is 16.5. The molecule has 0 saturated heterocycles. The molecule has 3 nitrogen and oxygen atoms in total. The molecule has 0 bridgehead atoms. The van der Waals surface area contributed by atoms with Crippen LogP contribution in [-0.4, -0.2) is 18.4 Å². The Morgan fingerprint density at radius 2 is 2.05 bits per heavy atom. The molecule has 0 aromatic carbocycles. The number of nitrogens with one attached hydrogen (secondary N) is 1. The molecule has 1 aliphatic heterocycles. The number of amides is 1. The van der Waals surface area contributed by atoms with Gasteiger partial charge in [-0.15, -0.1) is 0 Å². The highest BCUT2D eigenvalue weighted by Crippen LogP contribution is 2.35. The first kappa shape index (κ1) is 16.7. The number of hydrogen-bond donors (Lipinski definition) is 2. The fourth-order valence-electron chi connectivity index (χ4n) is 2.33. The molecule has 0 aromatic rings. The van der Waals surface area contributed by atoms with E-state index in [4.69, 9.17) is 5.21 Å². The van der Waals surface area contributed by atoms with E-state index >= 15 is 0 Å². The smallest absolute Gasteiger partial charge is 0.255 e. The van der Waals surface area contributed by atoms with Crippen molar-refractivity contribution in [1.29, 1.82) is 0 Å². The Balaban J connectivity index is 3.57. The monoisotopic (exact) mass is 280 g/mol. The van der Waals surface area contributed by atoms with E-state index in [0.717, 1.165) is 22.1 Å². The molecule has 1 unspecified atom stereocenters. The van der Waals surface area contributed by atoms with E-state index in [-0.39, 0.29) is 0 Å². The average molecular weight is 280 g/mol. The van der Waals surface area contributed by atoms with Crippen LogP contribution in [-0.2, 0) is 4.79 Å². The molecule has 1 atom stereocenters. The molecule has 0 aliphatic carbocycles. The van der Waals surface area contributed by atoms with E-state index < -0.39 is 11.8 Å². The summed E-state index contributed by atoms with van der Waals surface area (Å²) in [6.07, 6.45) is 12.2. The summed E-state index contributed by atoms with van der Waals surface area (Å²) in [5.74, 6) is -1.10. The van der Waals surface area contributed by atoms with Crippen LogP contribution in [0.1, 0.15) is 6.92 Å². The lowest BCUT2D eigenvalue weighted by Crippen LogP contribution is -2.34. The van der Waals surface area contributed by atoms with E-state index in [1.165, 1.54) is 0 Å². The van der Waals surface area contributed by atoms with Crippen molar-refractivity contribution in [1.82, 2.24) is 5.48 Å². The average Bonchev–Trinajstić information content (AvgIpc) is 2.51. The highest BCUT2D eigenvalue weighted by molar-refractivity contribution is 6.57. The van der Waals surface area contributed by atoms with Gasteiger partial charge in [0, 0.05) is 0 Å². The van der Waals surface area contributed by atoms with E-state index in [0.29, 0.717) is 0 Å². The van der Waals surface area contributed by atoms with Gasteiger partial charge in [-0.2, -0.15) is 0 Å². The van der Waals surface area contributed by atoms with Crippen molar-refractivity contribution >= 4 is 13.2 Å². The molecule has 0 fully saturated rings. The van der Waals surface area contributed by atoms with Crippen LogP contribution in [0.25, 0.3) is 0 Å². The summed E-state index contributed by atoms with van der Waals surface area (Å²) in [7, 11) is 1.94. The molecule has 2 N–H and O–H groups in total. The molecule has 1 amide bonds. The maximum atomic E-state index is 12.1. The van der Waals surface area contributed by atoms with E-state index in [9.17, 15) is 4.79 Å².